The summed E-state index contributed by atoms with van der Waals surface area (Å²) in [4.78, 5) is 0. The monoisotopic (exact) mass is 223 g/mol. The van der Waals surface area contributed by atoms with Crippen LogP contribution in [-0.2, 0) is 0 Å². The highest BCUT2D eigenvalue weighted by molar-refractivity contribution is 5.03. The minimum absolute atomic E-state index is 0.358. The summed E-state index contributed by atoms with van der Waals surface area (Å²) < 4.78 is 0. The third-order valence-electron chi connectivity index (χ3n) is 2.94. The first-order chi connectivity index (χ1) is 7.59. The highest BCUT2D eigenvalue weighted by atomic mass is 15.1. The molecule has 0 amide bonds. The van der Waals surface area contributed by atoms with Gasteiger partial charge in [0.15, 0.2) is 0 Å². The summed E-state index contributed by atoms with van der Waals surface area (Å²) in [6, 6.07) is 2.95. The molecular formula is C13H25N3. The van der Waals surface area contributed by atoms with E-state index in [1.807, 2.05) is 6.07 Å². The average molecular weight is 223 g/mol. The molecule has 2 unspecified atom stereocenters. The van der Waals surface area contributed by atoms with E-state index in [0.29, 0.717) is 12.1 Å². The number of nitrogens with zero attached hydrogens (tertiary/aromatic N) is 1. The Bertz CT molecular complexity index is 267. The molecule has 1 aromatic rings. The van der Waals surface area contributed by atoms with Gasteiger partial charge >= 0.3 is 0 Å². The standard InChI is InChI=1S/C13H25N3/c1-10(2)6-5-7-11(3)15-12(4)13-8-9-14-16-13/h8-12,15H,5-7H2,1-4H3,(H,14,16). The van der Waals surface area contributed by atoms with E-state index in [4.69, 9.17) is 0 Å². The highest BCUT2D eigenvalue weighted by Gasteiger charge is 2.10. The van der Waals surface area contributed by atoms with Crippen LogP contribution in [0.3, 0.4) is 0 Å². The van der Waals surface area contributed by atoms with Gasteiger partial charge in [-0.3, -0.25) is 5.10 Å². The zero-order valence-electron chi connectivity index (χ0n) is 11.0. The molecule has 0 saturated carbocycles. The number of rotatable bonds is 7. The van der Waals surface area contributed by atoms with Gasteiger partial charge in [0.1, 0.15) is 0 Å². The number of nitrogens with one attached hydrogen (secondary N) is 2. The van der Waals surface area contributed by atoms with E-state index in [2.05, 4.69) is 43.2 Å². The molecule has 16 heavy (non-hydrogen) atoms. The summed E-state index contributed by atoms with van der Waals surface area (Å²) in [6.45, 7) is 9.00. The second-order valence-corrected chi connectivity index (χ2v) is 5.13. The summed E-state index contributed by atoms with van der Waals surface area (Å²) in [5, 5.41) is 10.6. The summed E-state index contributed by atoms with van der Waals surface area (Å²) in [5.74, 6) is 0.817. The fraction of sp³-hybridized carbons (Fsp3) is 0.769. The largest absolute Gasteiger partial charge is 0.306 e. The summed E-state index contributed by atoms with van der Waals surface area (Å²) >= 11 is 0. The van der Waals surface area contributed by atoms with Gasteiger partial charge in [0, 0.05) is 18.3 Å². The van der Waals surface area contributed by atoms with E-state index < -0.39 is 0 Å². The van der Waals surface area contributed by atoms with Crippen LogP contribution in [0.25, 0.3) is 0 Å². The molecule has 0 aliphatic carbocycles. The fourth-order valence-electron chi connectivity index (χ4n) is 1.94. The molecule has 0 aromatic carbocycles. The molecule has 3 heteroatoms. The molecule has 0 saturated heterocycles. The fourth-order valence-corrected chi connectivity index (χ4v) is 1.94. The Balaban J connectivity index is 2.21. The van der Waals surface area contributed by atoms with Crippen LogP contribution in [-0.4, -0.2) is 16.2 Å². The van der Waals surface area contributed by atoms with Crippen molar-refractivity contribution < 1.29 is 0 Å². The number of hydrogen-bond donors (Lipinski definition) is 2. The van der Waals surface area contributed by atoms with Gasteiger partial charge in [-0.05, 0) is 32.3 Å². The van der Waals surface area contributed by atoms with Crippen molar-refractivity contribution in [3.05, 3.63) is 18.0 Å². The third kappa shape index (κ3) is 4.79. The Morgan fingerprint density at radius 2 is 2.00 bits per heavy atom. The maximum atomic E-state index is 3.97. The van der Waals surface area contributed by atoms with Crippen LogP contribution >= 0.6 is 0 Å². The van der Waals surface area contributed by atoms with Crippen LogP contribution in [0.5, 0.6) is 0 Å². The Kier molecular flexibility index (Phi) is 5.53. The first-order valence-electron chi connectivity index (χ1n) is 6.35. The predicted octanol–water partition coefficient (Wildman–Crippen LogP) is 3.28. The molecular weight excluding hydrogens is 198 g/mol. The van der Waals surface area contributed by atoms with Gasteiger partial charge in [0.25, 0.3) is 0 Å². The number of aromatic nitrogens is 2. The molecule has 92 valence electrons. The first kappa shape index (κ1) is 13.2. The normalized spacial score (nSPS) is 15.3. The Morgan fingerprint density at radius 1 is 1.25 bits per heavy atom. The van der Waals surface area contributed by atoms with Crippen molar-refractivity contribution in [2.75, 3.05) is 0 Å². The maximum absolute atomic E-state index is 3.97. The second-order valence-electron chi connectivity index (χ2n) is 5.13. The molecule has 0 bridgehead atoms. The topological polar surface area (TPSA) is 40.7 Å². The van der Waals surface area contributed by atoms with Crippen molar-refractivity contribution in [1.29, 1.82) is 0 Å². The molecule has 2 atom stereocenters. The van der Waals surface area contributed by atoms with E-state index >= 15 is 0 Å². The summed E-state index contributed by atoms with van der Waals surface area (Å²) in [5.41, 5.74) is 1.16. The van der Waals surface area contributed by atoms with Gasteiger partial charge < -0.3 is 5.32 Å². The van der Waals surface area contributed by atoms with Gasteiger partial charge in [-0.1, -0.05) is 26.7 Å². The number of aromatic amines is 1. The molecule has 0 aliphatic rings. The minimum Gasteiger partial charge on any atom is -0.306 e. The lowest BCUT2D eigenvalue weighted by Gasteiger charge is -2.19. The van der Waals surface area contributed by atoms with Gasteiger partial charge in [0.2, 0.25) is 0 Å². The smallest absolute Gasteiger partial charge is 0.0518 e. The van der Waals surface area contributed by atoms with Crippen LogP contribution in [0.4, 0.5) is 0 Å². The van der Waals surface area contributed by atoms with E-state index in [-0.39, 0.29) is 0 Å². The molecule has 1 heterocycles. The van der Waals surface area contributed by atoms with E-state index in [1.165, 1.54) is 19.3 Å². The first-order valence-corrected chi connectivity index (χ1v) is 6.35. The van der Waals surface area contributed by atoms with Crippen molar-refractivity contribution >= 4 is 0 Å². The second kappa shape index (κ2) is 6.69. The van der Waals surface area contributed by atoms with Crippen molar-refractivity contribution in [3.63, 3.8) is 0 Å². The molecule has 0 aliphatic heterocycles. The lowest BCUT2D eigenvalue weighted by atomic mass is 10.0. The average Bonchev–Trinajstić information content (AvgIpc) is 2.69. The Labute approximate surface area is 99.0 Å². The zero-order valence-corrected chi connectivity index (χ0v) is 11.0. The lowest BCUT2D eigenvalue weighted by molar-refractivity contribution is 0.419. The zero-order chi connectivity index (χ0) is 12.0. The van der Waals surface area contributed by atoms with Crippen molar-refractivity contribution in [1.82, 2.24) is 15.5 Å². The molecule has 2 N–H and O–H groups in total. The van der Waals surface area contributed by atoms with Crippen LogP contribution in [0.2, 0.25) is 0 Å². The van der Waals surface area contributed by atoms with Crippen molar-refractivity contribution in [2.45, 2.75) is 59.0 Å². The highest BCUT2D eigenvalue weighted by Crippen LogP contribution is 2.12. The van der Waals surface area contributed by atoms with Crippen molar-refractivity contribution in [2.24, 2.45) is 5.92 Å². The van der Waals surface area contributed by atoms with Crippen molar-refractivity contribution in [3.8, 4) is 0 Å². The summed E-state index contributed by atoms with van der Waals surface area (Å²) in [6.07, 6.45) is 5.68. The lowest BCUT2D eigenvalue weighted by Crippen LogP contribution is -2.29. The molecule has 0 spiro atoms. The quantitative estimate of drug-likeness (QED) is 0.745. The van der Waals surface area contributed by atoms with Gasteiger partial charge in [0.05, 0.1) is 5.69 Å². The Morgan fingerprint density at radius 3 is 2.56 bits per heavy atom. The van der Waals surface area contributed by atoms with Crippen LogP contribution in [0, 0.1) is 5.92 Å². The number of hydrogen-bond acceptors (Lipinski definition) is 2. The predicted molar refractivity (Wildman–Crippen MR) is 68.3 cm³/mol. The third-order valence-corrected chi connectivity index (χ3v) is 2.94. The van der Waals surface area contributed by atoms with Crippen LogP contribution < -0.4 is 5.32 Å². The maximum Gasteiger partial charge on any atom is 0.0518 e. The summed E-state index contributed by atoms with van der Waals surface area (Å²) in [7, 11) is 0. The van der Waals surface area contributed by atoms with Crippen LogP contribution in [0.15, 0.2) is 12.3 Å². The van der Waals surface area contributed by atoms with E-state index in [9.17, 15) is 0 Å². The van der Waals surface area contributed by atoms with E-state index in [1.54, 1.807) is 6.20 Å². The van der Waals surface area contributed by atoms with Gasteiger partial charge in [-0.15, -0.1) is 0 Å². The molecule has 1 aromatic heterocycles. The van der Waals surface area contributed by atoms with E-state index in [0.717, 1.165) is 11.6 Å². The Hall–Kier alpha value is -0.830. The van der Waals surface area contributed by atoms with Crippen LogP contribution in [0.1, 0.15) is 58.7 Å². The molecule has 3 nitrogen and oxygen atoms in total. The van der Waals surface area contributed by atoms with Gasteiger partial charge in [-0.25, -0.2) is 0 Å². The minimum atomic E-state index is 0.358. The number of H-pyrrole nitrogens is 1. The van der Waals surface area contributed by atoms with Gasteiger partial charge in [-0.2, -0.15) is 5.10 Å². The molecule has 1 rings (SSSR count). The SMILES string of the molecule is CC(C)CCCC(C)NC(C)c1ccn[nH]1. The molecule has 0 radical (unpaired) electrons. The molecule has 0 fully saturated rings.